The highest BCUT2D eigenvalue weighted by Gasteiger charge is 2.14. The second-order valence-corrected chi connectivity index (χ2v) is 4.71. The van der Waals surface area contributed by atoms with Crippen molar-refractivity contribution >= 4 is 5.69 Å². The first-order chi connectivity index (χ1) is 8.97. The van der Waals surface area contributed by atoms with Crippen molar-refractivity contribution in [3.63, 3.8) is 0 Å². The van der Waals surface area contributed by atoms with E-state index >= 15 is 0 Å². The van der Waals surface area contributed by atoms with E-state index in [2.05, 4.69) is 5.32 Å². The van der Waals surface area contributed by atoms with E-state index < -0.39 is 4.92 Å². The van der Waals surface area contributed by atoms with Crippen molar-refractivity contribution in [3.8, 4) is 5.75 Å². The molecular formula is C13H20N2O4. The zero-order chi connectivity index (χ0) is 14.4. The Hall–Kier alpha value is -1.66. The van der Waals surface area contributed by atoms with E-state index in [4.69, 9.17) is 4.74 Å². The van der Waals surface area contributed by atoms with Crippen LogP contribution in [0.25, 0.3) is 0 Å². The summed E-state index contributed by atoms with van der Waals surface area (Å²) < 4.78 is 5.04. The Kier molecular flexibility index (Phi) is 5.72. The summed E-state index contributed by atoms with van der Waals surface area (Å²) in [5.41, 5.74) is 0.756. The maximum absolute atomic E-state index is 10.8. The minimum atomic E-state index is -0.446. The molecule has 6 heteroatoms. The first kappa shape index (κ1) is 15.4. The molecule has 1 aromatic carbocycles. The lowest BCUT2D eigenvalue weighted by molar-refractivity contribution is -0.385. The normalized spacial score (nSPS) is 12.5. The van der Waals surface area contributed by atoms with Crippen LogP contribution >= 0.6 is 0 Å². The highest BCUT2D eigenvalue weighted by Crippen LogP contribution is 2.22. The first-order valence-corrected chi connectivity index (χ1v) is 6.14. The van der Waals surface area contributed by atoms with Crippen LogP contribution in [0.1, 0.15) is 19.4 Å². The summed E-state index contributed by atoms with van der Waals surface area (Å²) >= 11 is 0. The smallest absolute Gasteiger partial charge is 0.273 e. The predicted molar refractivity (Wildman–Crippen MR) is 72.2 cm³/mol. The Morgan fingerprint density at radius 1 is 1.42 bits per heavy atom. The number of aliphatic hydroxyl groups is 1. The minimum absolute atomic E-state index is 0.00115. The number of hydrogen-bond donors (Lipinski definition) is 2. The van der Waals surface area contributed by atoms with Gasteiger partial charge < -0.3 is 15.2 Å². The topological polar surface area (TPSA) is 84.6 Å². The number of nitrogens with zero attached hydrogens (tertiary/aromatic N) is 1. The molecule has 1 atom stereocenters. The number of methoxy groups -OCH3 is 1. The van der Waals surface area contributed by atoms with Gasteiger partial charge in [0.2, 0.25) is 0 Å². The highest BCUT2D eigenvalue weighted by atomic mass is 16.6. The van der Waals surface area contributed by atoms with Crippen molar-refractivity contribution in [2.24, 2.45) is 5.92 Å². The van der Waals surface area contributed by atoms with Crippen molar-refractivity contribution in [1.82, 2.24) is 5.32 Å². The lowest BCUT2D eigenvalue weighted by atomic mass is 10.0. The van der Waals surface area contributed by atoms with Gasteiger partial charge in [0, 0.05) is 18.7 Å². The van der Waals surface area contributed by atoms with Gasteiger partial charge in [0.05, 0.1) is 24.7 Å². The van der Waals surface area contributed by atoms with Crippen molar-refractivity contribution < 1.29 is 14.8 Å². The maximum Gasteiger partial charge on any atom is 0.273 e. The third-order valence-corrected chi connectivity index (χ3v) is 2.97. The number of ether oxygens (including phenoxy) is 1. The number of aliphatic hydroxyl groups excluding tert-OH is 1. The second-order valence-electron chi connectivity index (χ2n) is 4.71. The zero-order valence-corrected chi connectivity index (χ0v) is 11.4. The third kappa shape index (κ3) is 4.50. The summed E-state index contributed by atoms with van der Waals surface area (Å²) in [5, 5.41) is 23.2. The Balaban J connectivity index is 2.82. The van der Waals surface area contributed by atoms with E-state index in [1.165, 1.54) is 19.2 Å². The molecule has 1 aromatic rings. The van der Waals surface area contributed by atoms with Gasteiger partial charge in [-0.2, -0.15) is 0 Å². The fourth-order valence-corrected chi connectivity index (χ4v) is 1.73. The number of non-ortho nitro benzene ring substituents is 1. The van der Waals surface area contributed by atoms with Crippen LogP contribution in [0.4, 0.5) is 5.69 Å². The molecule has 0 saturated carbocycles. The van der Waals surface area contributed by atoms with Gasteiger partial charge >= 0.3 is 0 Å². The minimum Gasteiger partial charge on any atom is -0.496 e. The fourth-order valence-electron chi connectivity index (χ4n) is 1.73. The first-order valence-electron chi connectivity index (χ1n) is 6.14. The second kappa shape index (κ2) is 7.06. The molecule has 106 valence electrons. The SMILES string of the molecule is COc1cc(CN[C@H](CO)C(C)C)cc([N+](=O)[O-])c1. The summed E-state index contributed by atoms with van der Waals surface area (Å²) in [6, 6.07) is 4.60. The van der Waals surface area contributed by atoms with Gasteiger partial charge in [-0.05, 0) is 17.5 Å². The van der Waals surface area contributed by atoms with Crippen molar-refractivity contribution in [1.29, 1.82) is 0 Å². The van der Waals surface area contributed by atoms with Gasteiger partial charge in [-0.25, -0.2) is 0 Å². The monoisotopic (exact) mass is 268 g/mol. The Labute approximate surface area is 112 Å². The summed E-state index contributed by atoms with van der Waals surface area (Å²) in [4.78, 5) is 10.4. The van der Waals surface area contributed by atoms with Crippen LogP contribution in [-0.4, -0.2) is 29.8 Å². The lowest BCUT2D eigenvalue weighted by Crippen LogP contribution is -2.36. The number of nitrogens with one attached hydrogen (secondary N) is 1. The van der Waals surface area contributed by atoms with Crippen molar-refractivity contribution in [2.45, 2.75) is 26.4 Å². The highest BCUT2D eigenvalue weighted by molar-refractivity contribution is 5.42. The van der Waals surface area contributed by atoms with Gasteiger partial charge in [-0.15, -0.1) is 0 Å². The summed E-state index contributed by atoms with van der Waals surface area (Å²) in [7, 11) is 1.47. The van der Waals surface area contributed by atoms with E-state index in [9.17, 15) is 15.2 Å². The number of benzene rings is 1. The fraction of sp³-hybridized carbons (Fsp3) is 0.538. The van der Waals surface area contributed by atoms with Crippen LogP contribution < -0.4 is 10.1 Å². The standard InChI is InChI=1S/C13H20N2O4/c1-9(2)13(8-16)14-7-10-4-11(15(17)18)6-12(5-10)19-3/h4-6,9,13-14,16H,7-8H2,1-3H3/t13-/m1/s1. The molecule has 1 rings (SSSR count). The largest absolute Gasteiger partial charge is 0.496 e. The van der Waals surface area contributed by atoms with Gasteiger partial charge in [0.15, 0.2) is 0 Å². The van der Waals surface area contributed by atoms with Crippen LogP contribution in [0.5, 0.6) is 5.75 Å². The third-order valence-electron chi connectivity index (χ3n) is 2.97. The molecule has 0 saturated heterocycles. The molecule has 0 amide bonds. The molecule has 0 aromatic heterocycles. The molecule has 0 heterocycles. The molecule has 0 unspecified atom stereocenters. The quantitative estimate of drug-likeness (QED) is 0.581. The summed E-state index contributed by atoms with van der Waals surface area (Å²) in [6.07, 6.45) is 0. The molecule has 19 heavy (non-hydrogen) atoms. The molecule has 0 aliphatic rings. The van der Waals surface area contributed by atoms with E-state index in [0.29, 0.717) is 12.3 Å². The molecule has 0 bridgehead atoms. The predicted octanol–water partition coefficient (Wildman–Crippen LogP) is 1.71. The van der Waals surface area contributed by atoms with Crippen molar-refractivity contribution in [2.75, 3.05) is 13.7 Å². The van der Waals surface area contributed by atoms with E-state index in [-0.39, 0.29) is 24.3 Å². The average Bonchev–Trinajstić information content (AvgIpc) is 2.38. The Bertz CT molecular complexity index is 435. The van der Waals surface area contributed by atoms with Crippen LogP contribution in [0.2, 0.25) is 0 Å². The maximum atomic E-state index is 10.8. The number of hydrogen-bond acceptors (Lipinski definition) is 5. The van der Waals surface area contributed by atoms with E-state index in [1.807, 2.05) is 13.8 Å². The molecule has 0 aliphatic heterocycles. The molecule has 0 radical (unpaired) electrons. The number of nitro benzene ring substituents is 1. The van der Waals surface area contributed by atoms with E-state index in [1.54, 1.807) is 6.07 Å². The number of rotatable bonds is 7. The van der Waals surface area contributed by atoms with E-state index in [0.717, 1.165) is 5.56 Å². The van der Waals surface area contributed by atoms with Crippen LogP contribution in [0.15, 0.2) is 18.2 Å². The summed E-state index contributed by atoms with van der Waals surface area (Å²) in [6.45, 7) is 4.48. The lowest BCUT2D eigenvalue weighted by Gasteiger charge is -2.20. The summed E-state index contributed by atoms with van der Waals surface area (Å²) in [5.74, 6) is 0.738. The zero-order valence-electron chi connectivity index (χ0n) is 11.4. The van der Waals surface area contributed by atoms with Crippen LogP contribution in [0.3, 0.4) is 0 Å². The van der Waals surface area contributed by atoms with Gasteiger partial charge in [0.1, 0.15) is 5.75 Å². The van der Waals surface area contributed by atoms with Gasteiger partial charge in [0.25, 0.3) is 5.69 Å². The molecule has 0 spiro atoms. The average molecular weight is 268 g/mol. The van der Waals surface area contributed by atoms with Gasteiger partial charge in [-0.1, -0.05) is 13.8 Å². The van der Waals surface area contributed by atoms with Crippen LogP contribution in [0, 0.1) is 16.0 Å². The Morgan fingerprint density at radius 3 is 2.58 bits per heavy atom. The molecule has 0 aliphatic carbocycles. The molecule has 6 nitrogen and oxygen atoms in total. The van der Waals surface area contributed by atoms with Crippen molar-refractivity contribution in [3.05, 3.63) is 33.9 Å². The molecule has 0 fully saturated rings. The molecule has 2 N–H and O–H groups in total. The van der Waals surface area contributed by atoms with Crippen LogP contribution in [-0.2, 0) is 6.54 Å². The van der Waals surface area contributed by atoms with Gasteiger partial charge in [-0.3, -0.25) is 10.1 Å². The molecular weight excluding hydrogens is 248 g/mol. The number of nitro groups is 1. The Morgan fingerprint density at radius 2 is 2.11 bits per heavy atom.